The highest BCUT2D eigenvalue weighted by molar-refractivity contribution is 9.10. The molecule has 0 bridgehead atoms. The van der Waals surface area contributed by atoms with Gasteiger partial charge in [-0.25, -0.2) is 8.42 Å². The number of hydrogen-bond donors (Lipinski definition) is 2. The highest BCUT2D eigenvalue weighted by atomic mass is 79.9. The van der Waals surface area contributed by atoms with Gasteiger partial charge < -0.3 is 5.11 Å². The fourth-order valence-corrected chi connectivity index (χ4v) is 3.90. The molecule has 2 N–H and O–H groups in total. The van der Waals surface area contributed by atoms with Crippen LogP contribution in [0.2, 0.25) is 0 Å². The zero-order valence-corrected chi connectivity index (χ0v) is 14.0. The second kappa shape index (κ2) is 6.17. The first-order valence-corrected chi connectivity index (χ1v) is 8.57. The lowest BCUT2D eigenvalue weighted by molar-refractivity contribution is 0.281. The van der Waals surface area contributed by atoms with Gasteiger partial charge in [0, 0.05) is 16.7 Å². The molecule has 2 aromatic rings. The van der Waals surface area contributed by atoms with E-state index in [0.29, 0.717) is 15.7 Å². The number of aliphatic hydroxyl groups is 1. The Hall–Kier alpha value is -1.38. The van der Waals surface area contributed by atoms with Crippen LogP contribution in [0.3, 0.4) is 0 Å². The summed E-state index contributed by atoms with van der Waals surface area (Å²) in [5.74, 6) is 0. The lowest BCUT2D eigenvalue weighted by Crippen LogP contribution is -2.13. The molecule has 0 fully saturated rings. The summed E-state index contributed by atoms with van der Waals surface area (Å²) in [6, 6.07) is 4.74. The van der Waals surface area contributed by atoms with Crippen LogP contribution in [0.1, 0.15) is 25.5 Å². The van der Waals surface area contributed by atoms with E-state index in [0.717, 1.165) is 0 Å². The number of halogens is 1. The van der Waals surface area contributed by atoms with Crippen molar-refractivity contribution in [3.8, 4) is 0 Å². The largest absolute Gasteiger partial charge is 0.392 e. The second-order valence-corrected chi connectivity index (χ2v) is 7.34. The molecule has 1 heterocycles. The minimum Gasteiger partial charge on any atom is -0.392 e. The fourth-order valence-electron chi connectivity index (χ4n) is 1.74. The first-order chi connectivity index (χ1) is 9.83. The summed E-state index contributed by atoms with van der Waals surface area (Å²) in [7, 11) is -3.71. The maximum absolute atomic E-state index is 12.4. The molecule has 0 aliphatic rings. The smallest absolute Gasteiger partial charge is 0.263 e. The van der Waals surface area contributed by atoms with Crippen LogP contribution in [-0.2, 0) is 16.6 Å². The average molecular weight is 374 g/mol. The van der Waals surface area contributed by atoms with Crippen molar-refractivity contribution < 1.29 is 13.5 Å². The number of rotatable bonds is 5. The molecule has 114 valence electrons. The van der Waals surface area contributed by atoms with E-state index in [9.17, 15) is 8.42 Å². The Morgan fingerprint density at radius 1 is 1.43 bits per heavy atom. The number of nitrogens with one attached hydrogen (secondary N) is 1. The number of nitrogens with zero attached hydrogens (tertiary/aromatic N) is 2. The third-order valence-corrected chi connectivity index (χ3v) is 5.21. The normalized spacial score (nSPS) is 11.9. The molecular formula is C13H16BrN3O3S. The van der Waals surface area contributed by atoms with Gasteiger partial charge in [-0.15, -0.1) is 0 Å². The van der Waals surface area contributed by atoms with E-state index in [4.69, 9.17) is 5.11 Å². The molecular weight excluding hydrogens is 358 g/mol. The molecule has 0 unspecified atom stereocenters. The van der Waals surface area contributed by atoms with E-state index < -0.39 is 10.0 Å². The Bertz CT molecular complexity index is 741. The van der Waals surface area contributed by atoms with E-state index in [1.165, 1.54) is 12.3 Å². The van der Waals surface area contributed by atoms with Crippen LogP contribution in [-0.4, -0.2) is 23.3 Å². The number of aromatic nitrogens is 2. The van der Waals surface area contributed by atoms with E-state index in [1.807, 2.05) is 13.8 Å². The summed E-state index contributed by atoms with van der Waals surface area (Å²) in [6.07, 6.45) is 3.10. The van der Waals surface area contributed by atoms with Gasteiger partial charge in [0.25, 0.3) is 10.0 Å². The number of sulfonamides is 1. The maximum Gasteiger partial charge on any atom is 0.263 e. The van der Waals surface area contributed by atoms with Gasteiger partial charge in [0.15, 0.2) is 0 Å². The van der Waals surface area contributed by atoms with Gasteiger partial charge in [-0.05, 0) is 47.5 Å². The molecule has 0 aliphatic carbocycles. The SMILES string of the molecule is CC(C)n1cc(NS(=O)(=O)c2ccc(CO)cc2Br)cn1. The standard InChI is InChI=1S/C13H16BrN3O3S/c1-9(2)17-7-11(6-15-17)16-21(19,20)13-4-3-10(8-18)5-12(13)14/h3-7,9,16,18H,8H2,1-2H3. The van der Waals surface area contributed by atoms with Crippen molar-refractivity contribution in [3.05, 3.63) is 40.6 Å². The number of benzene rings is 1. The molecule has 0 aliphatic heterocycles. The molecule has 1 aromatic carbocycles. The van der Waals surface area contributed by atoms with Crippen LogP contribution in [0.15, 0.2) is 40.0 Å². The molecule has 1 aromatic heterocycles. The highest BCUT2D eigenvalue weighted by Crippen LogP contribution is 2.25. The summed E-state index contributed by atoms with van der Waals surface area (Å²) in [6.45, 7) is 3.76. The maximum atomic E-state index is 12.4. The predicted octanol–water partition coefficient (Wildman–Crippen LogP) is 2.52. The van der Waals surface area contributed by atoms with E-state index in [-0.39, 0.29) is 17.5 Å². The Labute approximate surface area is 132 Å². The molecule has 0 saturated heterocycles. The van der Waals surface area contributed by atoms with Gasteiger partial charge in [-0.3, -0.25) is 9.40 Å². The van der Waals surface area contributed by atoms with Gasteiger partial charge in [0.1, 0.15) is 4.90 Å². The van der Waals surface area contributed by atoms with E-state index in [1.54, 1.807) is 23.0 Å². The Morgan fingerprint density at radius 2 is 2.14 bits per heavy atom. The monoisotopic (exact) mass is 373 g/mol. The second-order valence-electron chi connectivity index (χ2n) is 4.83. The van der Waals surface area contributed by atoms with Crippen molar-refractivity contribution in [3.63, 3.8) is 0 Å². The molecule has 8 heteroatoms. The molecule has 0 saturated carbocycles. The third-order valence-electron chi connectivity index (χ3n) is 2.85. The van der Waals surface area contributed by atoms with E-state index in [2.05, 4.69) is 25.8 Å². The van der Waals surface area contributed by atoms with Crippen molar-refractivity contribution in [1.29, 1.82) is 0 Å². The number of hydrogen-bond acceptors (Lipinski definition) is 4. The van der Waals surface area contributed by atoms with Crippen LogP contribution in [0.5, 0.6) is 0 Å². The van der Waals surface area contributed by atoms with Crippen molar-refractivity contribution in [2.45, 2.75) is 31.4 Å². The van der Waals surface area contributed by atoms with Crippen molar-refractivity contribution in [1.82, 2.24) is 9.78 Å². The van der Waals surface area contributed by atoms with Gasteiger partial charge in [-0.2, -0.15) is 5.10 Å². The molecule has 0 spiro atoms. The first kappa shape index (κ1) is 16.0. The minimum atomic E-state index is -3.71. The van der Waals surface area contributed by atoms with Crippen molar-refractivity contribution in [2.75, 3.05) is 4.72 Å². The zero-order chi connectivity index (χ0) is 15.6. The van der Waals surface area contributed by atoms with Crippen LogP contribution >= 0.6 is 15.9 Å². The van der Waals surface area contributed by atoms with Gasteiger partial charge in [0.05, 0.1) is 18.5 Å². The van der Waals surface area contributed by atoms with Gasteiger partial charge in [-0.1, -0.05) is 6.07 Å². The molecule has 6 nitrogen and oxygen atoms in total. The molecule has 2 rings (SSSR count). The highest BCUT2D eigenvalue weighted by Gasteiger charge is 2.19. The lowest BCUT2D eigenvalue weighted by atomic mass is 10.2. The van der Waals surface area contributed by atoms with Crippen molar-refractivity contribution >= 4 is 31.6 Å². The average Bonchev–Trinajstić information content (AvgIpc) is 2.86. The Balaban J connectivity index is 2.29. The molecule has 0 amide bonds. The molecule has 21 heavy (non-hydrogen) atoms. The topological polar surface area (TPSA) is 84.2 Å². The van der Waals surface area contributed by atoms with Gasteiger partial charge >= 0.3 is 0 Å². The summed E-state index contributed by atoms with van der Waals surface area (Å²) >= 11 is 3.21. The van der Waals surface area contributed by atoms with E-state index >= 15 is 0 Å². The van der Waals surface area contributed by atoms with Crippen LogP contribution in [0, 0.1) is 0 Å². The number of anilines is 1. The Morgan fingerprint density at radius 3 is 2.67 bits per heavy atom. The minimum absolute atomic E-state index is 0.108. The Kier molecular flexibility index (Phi) is 4.70. The predicted molar refractivity (Wildman–Crippen MR) is 83.5 cm³/mol. The van der Waals surface area contributed by atoms with Gasteiger partial charge in [0.2, 0.25) is 0 Å². The van der Waals surface area contributed by atoms with Crippen molar-refractivity contribution in [2.24, 2.45) is 0 Å². The third kappa shape index (κ3) is 3.63. The number of aliphatic hydroxyl groups excluding tert-OH is 1. The summed E-state index contributed by atoms with van der Waals surface area (Å²) < 4.78 is 29.3. The van der Waals surface area contributed by atoms with Crippen LogP contribution < -0.4 is 4.72 Å². The molecule has 0 atom stereocenters. The quantitative estimate of drug-likeness (QED) is 0.843. The fraction of sp³-hybridized carbons (Fsp3) is 0.308. The molecule has 0 radical (unpaired) electrons. The first-order valence-electron chi connectivity index (χ1n) is 6.30. The lowest BCUT2D eigenvalue weighted by Gasteiger charge is -2.09. The van der Waals surface area contributed by atoms with Crippen LogP contribution in [0.25, 0.3) is 0 Å². The van der Waals surface area contributed by atoms with Crippen LogP contribution in [0.4, 0.5) is 5.69 Å². The zero-order valence-electron chi connectivity index (χ0n) is 11.6. The summed E-state index contributed by atoms with van der Waals surface area (Å²) in [5.41, 5.74) is 1.04. The summed E-state index contributed by atoms with van der Waals surface area (Å²) in [5, 5.41) is 13.1. The summed E-state index contributed by atoms with van der Waals surface area (Å²) in [4.78, 5) is 0.108.